The Labute approximate surface area is 212 Å². The number of para-hydroxylation sites is 1. The number of rotatable bonds is 8. The topological polar surface area (TPSA) is 91.8 Å². The second-order valence-electron chi connectivity index (χ2n) is 8.87. The van der Waals surface area contributed by atoms with Gasteiger partial charge in [0.25, 0.3) is 5.56 Å². The summed E-state index contributed by atoms with van der Waals surface area (Å²) in [6.45, 7) is 4.96. The number of H-pyrrole nitrogens is 1. The largest absolute Gasteiger partial charge is 0.454 e. The van der Waals surface area contributed by atoms with Gasteiger partial charge in [0.15, 0.2) is 16.3 Å². The van der Waals surface area contributed by atoms with E-state index in [4.69, 9.17) is 21.7 Å². The lowest BCUT2D eigenvalue weighted by atomic mass is 10.2. The first-order chi connectivity index (χ1) is 17.5. The van der Waals surface area contributed by atoms with Gasteiger partial charge in [-0.25, -0.2) is 4.39 Å². The molecule has 0 bridgehead atoms. The van der Waals surface area contributed by atoms with Crippen molar-refractivity contribution >= 4 is 34.7 Å². The zero-order valence-electron chi connectivity index (χ0n) is 19.8. The van der Waals surface area contributed by atoms with E-state index in [1.165, 1.54) is 10.6 Å². The molecule has 1 amide bonds. The van der Waals surface area contributed by atoms with E-state index < -0.39 is 0 Å². The Bertz CT molecular complexity index is 1380. The third kappa shape index (κ3) is 5.21. The molecule has 36 heavy (non-hydrogen) atoms. The van der Waals surface area contributed by atoms with Gasteiger partial charge in [-0.3, -0.25) is 19.1 Å². The first-order valence-corrected chi connectivity index (χ1v) is 12.5. The van der Waals surface area contributed by atoms with Crippen LogP contribution in [-0.2, 0) is 11.3 Å². The van der Waals surface area contributed by atoms with E-state index in [1.807, 2.05) is 12.1 Å². The molecule has 0 aliphatic carbocycles. The minimum Gasteiger partial charge on any atom is -0.454 e. The summed E-state index contributed by atoms with van der Waals surface area (Å²) in [4.78, 5) is 32.8. The molecule has 2 aliphatic rings. The van der Waals surface area contributed by atoms with Crippen molar-refractivity contribution in [1.82, 2.24) is 19.8 Å². The molecule has 2 N–H and O–H groups in total. The minimum atomic E-state index is -0.269. The number of piperazine rings is 1. The van der Waals surface area contributed by atoms with E-state index in [-0.39, 0.29) is 41.8 Å². The van der Waals surface area contributed by atoms with Crippen LogP contribution in [0.1, 0.15) is 12.8 Å². The van der Waals surface area contributed by atoms with E-state index in [0.29, 0.717) is 34.6 Å². The number of nitrogens with zero attached hydrogens (tertiary/aromatic N) is 3. The number of hydrogen-bond acceptors (Lipinski definition) is 7. The summed E-state index contributed by atoms with van der Waals surface area (Å²) in [5.74, 6) is 0.763. The molecule has 2 aromatic carbocycles. The van der Waals surface area contributed by atoms with E-state index in [1.54, 1.807) is 18.2 Å². The van der Waals surface area contributed by atoms with Gasteiger partial charge in [-0.1, -0.05) is 12.1 Å². The molecule has 11 heteroatoms. The lowest BCUT2D eigenvalue weighted by Gasteiger charge is -2.36. The van der Waals surface area contributed by atoms with Gasteiger partial charge in [-0.05, 0) is 43.4 Å². The Morgan fingerprint density at radius 1 is 1.08 bits per heavy atom. The predicted octanol–water partition coefficient (Wildman–Crippen LogP) is 2.65. The molecular weight excluding hydrogens is 485 g/mol. The molecule has 3 heterocycles. The van der Waals surface area contributed by atoms with Crippen molar-refractivity contribution in [1.29, 1.82) is 0 Å². The Hall–Kier alpha value is -3.44. The smallest absolute Gasteiger partial charge is 0.262 e. The van der Waals surface area contributed by atoms with Crippen LogP contribution >= 0.6 is 12.2 Å². The van der Waals surface area contributed by atoms with E-state index in [9.17, 15) is 14.0 Å². The highest BCUT2D eigenvalue weighted by Gasteiger charge is 2.19. The van der Waals surface area contributed by atoms with Crippen molar-refractivity contribution < 1.29 is 18.7 Å². The number of halogens is 1. The zero-order valence-corrected chi connectivity index (χ0v) is 20.6. The number of ether oxygens (including phenoxy) is 2. The molecule has 0 saturated carbocycles. The average Bonchev–Trinajstić information content (AvgIpc) is 3.34. The van der Waals surface area contributed by atoms with Gasteiger partial charge in [0.2, 0.25) is 12.7 Å². The molecule has 0 spiro atoms. The van der Waals surface area contributed by atoms with E-state index in [2.05, 4.69) is 20.1 Å². The zero-order chi connectivity index (χ0) is 25.1. The van der Waals surface area contributed by atoms with Crippen molar-refractivity contribution in [2.24, 2.45) is 0 Å². The number of fused-ring (bicyclic) bond motifs is 2. The van der Waals surface area contributed by atoms with E-state index in [0.717, 1.165) is 39.1 Å². The molecule has 0 unspecified atom stereocenters. The summed E-state index contributed by atoms with van der Waals surface area (Å²) < 4.78 is 26.4. The highest BCUT2D eigenvalue weighted by atomic mass is 32.1. The maximum Gasteiger partial charge on any atom is 0.262 e. The highest BCUT2D eigenvalue weighted by molar-refractivity contribution is 7.71. The number of hydrogen-bond donors (Lipinski definition) is 2. The number of aromatic amines is 1. The third-order valence-electron chi connectivity index (χ3n) is 6.58. The summed E-state index contributed by atoms with van der Waals surface area (Å²) in [5, 5.41) is 3.36. The number of anilines is 1. The monoisotopic (exact) mass is 513 g/mol. The molecule has 1 aromatic heterocycles. The van der Waals surface area contributed by atoms with Gasteiger partial charge in [-0.2, -0.15) is 0 Å². The first-order valence-electron chi connectivity index (χ1n) is 12.0. The quantitative estimate of drug-likeness (QED) is 0.354. The Morgan fingerprint density at radius 3 is 2.61 bits per heavy atom. The summed E-state index contributed by atoms with van der Waals surface area (Å²) in [5.41, 5.74) is 0.958. The summed E-state index contributed by atoms with van der Waals surface area (Å²) in [7, 11) is 0. The van der Waals surface area contributed by atoms with Crippen LogP contribution in [0.2, 0.25) is 0 Å². The van der Waals surface area contributed by atoms with Crippen LogP contribution in [0, 0.1) is 10.6 Å². The molecule has 190 valence electrons. The lowest BCUT2D eigenvalue weighted by Crippen LogP contribution is -2.47. The van der Waals surface area contributed by atoms with Crippen molar-refractivity contribution in [2.75, 3.05) is 51.0 Å². The Morgan fingerprint density at radius 2 is 1.83 bits per heavy atom. The third-order valence-corrected chi connectivity index (χ3v) is 6.90. The van der Waals surface area contributed by atoms with Crippen LogP contribution in [-0.4, -0.2) is 66.4 Å². The fourth-order valence-electron chi connectivity index (χ4n) is 4.60. The number of carbonyl (C=O) groups is 1. The maximum absolute atomic E-state index is 14.0. The molecule has 1 fully saturated rings. The predicted molar refractivity (Wildman–Crippen MR) is 137 cm³/mol. The molecule has 2 aliphatic heterocycles. The number of carbonyl (C=O) groups excluding carboxylic acids is 1. The maximum atomic E-state index is 14.0. The fourth-order valence-corrected chi connectivity index (χ4v) is 4.88. The molecule has 5 rings (SSSR count). The lowest BCUT2D eigenvalue weighted by molar-refractivity contribution is -0.121. The summed E-state index contributed by atoms with van der Waals surface area (Å²) in [6.07, 6.45) is 0.962. The minimum absolute atomic E-state index is 0.116. The first kappa shape index (κ1) is 24.3. The molecule has 9 nitrogen and oxygen atoms in total. The molecule has 0 radical (unpaired) electrons. The Balaban J connectivity index is 1.06. The number of nitrogens with one attached hydrogen (secondary N) is 2. The highest BCUT2D eigenvalue weighted by Crippen LogP contribution is 2.34. The van der Waals surface area contributed by atoms with Crippen LogP contribution in [0.25, 0.3) is 10.9 Å². The number of benzene rings is 2. The van der Waals surface area contributed by atoms with Crippen molar-refractivity contribution in [2.45, 2.75) is 19.4 Å². The van der Waals surface area contributed by atoms with Crippen LogP contribution < -0.4 is 25.2 Å². The number of amides is 1. The average molecular weight is 514 g/mol. The molecular formula is C25H28FN5O4S. The van der Waals surface area contributed by atoms with Crippen LogP contribution in [0.3, 0.4) is 0 Å². The van der Waals surface area contributed by atoms with Crippen LogP contribution in [0.5, 0.6) is 11.5 Å². The van der Waals surface area contributed by atoms with Gasteiger partial charge in [-0.15, -0.1) is 0 Å². The van der Waals surface area contributed by atoms with Crippen molar-refractivity contribution in [3.8, 4) is 11.5 Å². The van der Waals surface area contributed by atoms with E-state index >= 15 is 0 Å². The van der Waals surface area contributed by atoms with Gasteiger partial charge < -0.3 is 24.7 Å². The molecule has 3 aromatic rings. The normalized spacial score (nSPS) is 15.4. The summed E-state index contributed by atoms with van der Waals surface area (Å²) >= 11 is 5.35. The molecule has 0 atom stereocenters. The summed E-state index contributed by atoms with van der Waals surface area (Å²) in [6, 6.07) is 10.2. The van der Waals surface area contributed by atoms with Gasteiger partial charge in [0.1, 0.15) is 5.82 Å². The fraction of sp³-hybridized carbons (Fsp3) is 0.400. The van der Waals surface area contributed by atoms with Crippen molar-refractivity contribution in [3.63, 3.8) is 0 Å². The van der Waals surface area contributed by atoms with Gasteiger partial charge >= 0.3 is 0 Å². The SMILES string of the molecule is O=C(CCn1c(=S)[nH]c2cc3c(cc2c1=O)OCO3)NCCCN1CCN(c2ccccc2F)CC1. The van der Waals surface area contributed by atoms with Gasteiger partial charge in [0, 0.05) is 51.8 Å². The second kappa shape index (κ2) is 10.7. The second-order valence-corrected chi connectivity index (χ2v) is 9.26. The Kier molecular flexibility index (Phi) is 7.19. The van der Waals surface area contributed by atoms with Gasteiger partial charge in [0.05, 0.1) is 16.6 Å². The standard InChI is InChI=1S/C25H28FN5O4S/c26-18-4-1-2-5-20(18)30-12-10-29(11-13-30)8-3-7-27-23(32)6-9-31-24(33)17-14-21-22(35-16-34-21)15-19(17)28-25(31)36/h1-2,4-5,14-15H,3,6-13,16H2,(H,27,32)(H,28,36). The number of aromatic nitrogens is 2. The van der Waals surface area contributed by atoms with Crippen LogP contribution in [0.4, 0.5) is 10.1 Å². The molecule has 1 saturated heterocycles. The van der Waals surface area contributed by atoms with Crippen molar-refractivity contribution in [3.05, 3.63) is 57.3 Å². The van der Waals surface area contributed by atoms with Crippen LogP contribution in [0.15, 0.2) is 41.2 Å².